The minimum Gasteiger partial charge on any atom is -0.465 e. The van der Waals surface area contributed by atoms with Gasteiger partial charge in [0.25, 0.3) is 17.4 Å². The number of rotatable bonds is 6. The molecular formula is C24H19Cl2N3O6. The van der Waals surface area contributed by atoms with Gasteiger partial charge in [-0.1, -0.05) is 42.3 Å². The summed E-state index contributed by atoms with van der Waals surface area (Å²) in [7, 11) is 1.45. The van der Waals surface area contributed by atoms with Gasteiger partial charge in [-0.25, -0.2) is 9.58 Å². The van der Waals surface area contributed by atoms with Gasteiger partial charge in [-0.15, -0.1) is 5.10 Å². The van der Waals surface area contributed by atoms with Crippen LogP contribution in [0.4, 0.5) is 5.69 Å². The Bertz CT molecular complexity index is 1380. The van der Waals surface area contributed by atoms with E-state index in [-0.39, 0.29) is 50.7 Å². The lowest BCUT2D eigenvalue weighted by molar-refractivity contribution is -0.141. The van der Waals surface area contributed by atoms with E-state index in [1.54, 1.807) is 31.2 Å². The summed E-state index contributed by atoms with van der Waals surface area (Å²) in [6.07, 6.45) is 0. The molecule has 9 nitrogen and oxygen atoms in total. The zero-order chi connectivity index (χ0) is 25.4. The fourth-order valence-corrected chi connectivity index (χ4v) is 4.19. The minimum atomic E-state index is -0.488. The summed E-state index contributed by atoms with van der Waals surface area (Å²) < 4.78 is 11.9. The summed E-state index contributed by atoms with van der Waals surface area (Å²) in [6.45, 7) is 3.01. The predicted octanol–water partition coefficient (Wildman–Crippen LogP) is 4.35. The van der Waals surface area contributed by atoms with E-state index >= 15 is 0 Å². The van der Waals surface area contributed by atoms with Crippen LogP contribution in [-0.4, -0.2) is 34.2 Å². The lowest BCUT2D eigenvalue weighted by Crippen LogP contribution is -2.29. The van der Waals surface area contributed by atoms with E-state index in [0.717, 1.165) is 9.58 Å². The molecule has 180 valence electrons. The van der Waals surface area contributed by atoms with Crippen LogP contribution in [0.2, 0.25) is 10.0 Å². The third-order valence-corrected chi connectivity index (χ3v) is 5.94. The van der Waals surface area contributed by atoms with E-state index in [4.69, 9.17) is 32.7 Å². The molecular weight excluding hydrogens is 497 g/mol. The molecule has 1 unspecified atom stereocenters. The van der Waals surface area contributed by atoms with Gasteiger partial charge < -0.3 is 9.47 Å². The number of carbonyl (C=O) groups is 3. The average molecular weight is 516 g/mol. The summed E-state index contributed by atoms with van der Waals surface area (Å²) in [5, 5.41) is 4.12. The number of fused-ring (bicyclic) bond motifs is 1. The van der Waals surface area contributed by atoms with E-state index in [1.807, 2.05) is 0 Å². The Morgan fingerprint density at radius 2 is 1.60 bits per heavy atom. The standard InChI is InChI=1S/C24H19Cl2N3O6/c1-12(11-34-13(2)30)17-10-20(27-28(3)22(17)31)35-21-18(25)8-14(9-19(21)26)29-23(32)15-6-4-5-7-16(15)24(29)33/h4-10,12H,11H2,1-3H3. The number of anilines is 1. The SMILES string of the molecule is CC(=O)OCC(C)c1cc(Oc2c(Cl)cc(N3C(=O)c4ccccc4C3=O)cc2Cl)nn(C)c1=O. The summed E-state index contributed by atoms with van der Waals surface area (Å²) in [5.74, 6) is -1.82. The molecule has 0 bridgehead atoms. The van der Waals surface area contributed by atoms with Crippen molar-refractivity contribution in [3.63, 3.8) is 0 Å². The maximum absolute atomic E-state index is 12.8. The number of carbonyl (C=O) groups excluding carboxylic acids is 3. The molecule has 0 saturated carbocycles. The van der Waals surface area contributed by atoms with Gasteiger partial charge in [0.05, 0.1) is 33.5 Å². The van der Waals surface area contributed by atoms with Crippen molar-refractivity contribution in [2.75, 3.05) is 11.5 Å². The van der Waals surface area contributed by atoms with E-state index in [0.29, 0.717) is 5.56 Å². The number of benzene rings is 2. The Balaban J connectivity index is 1.65. The molecule has 0 saturated heterocycles. The first-order valence-electron chi connectivity index (χ1n) is 10.4. The summed E-state index contributed by atoms with van der Waals surface area (Å²) >= 11 is 12.8. The quantitative estimate of drug-likeness (QED) is 0.354. The Morgan fingerprint density at radius 3 is 2.14 bits per heavy atom. The molecule has 0 aliphatic carbocycles. The maximum atomic E-state index is 12.8. The second kappa shape index (κ2) is 9.52. The molecule has 0 N–H and O–H groups in total. The second-order valence-corrected chi connectivity index (χ2v) is 8.72. The number of aromatic nitrogens is 2. The highest BCUT2D eigenvalue weighted by atomic mass is 35.5. The Morgan fingerprint density at radius 1 is 1.03 bits per heavy atom. The molecule has 2 aromatic carbocycles. The Hall–Kier alpha value is -3.69. The maximum Gasteiger partial charge on any atom is 0.302 e. The van der Waals surface area contributed by atoms with Gasteiger partial charge >= 0.3 is 5.97 Å². The van der Waals surface area contributed by atoms with E-state index in [1.165, 1.54) is 32.2 Å². The molecule has 1 atom stereocenters. The van der Waals surface area contributed by atoms with Crippen molar-refractivity contribution in [3.05, 3.63) is 79.6 Å². The van der Waals surface area contributed by atoms with Crippen molar-refractivity contribution in [3.8, 4) is 11.6 Å². The molecule has 0 radical (unpaired) electrons. The topological polar surface area (TPSA) is 108 Å². The molecule has 35 heavy (non-hydrogen) atoms. The summed E-state index contributed by atoms with van der Waals surface area (Å²) in [6, 6.07) is 10.7. The Kier molecular flexibility index (Phi) is 6.64. The molecule has 2 heterocycles. The van der Waals surface area contributed by atoms with Crippen molar-refractivity contribution >= 4 is 46.7 Å². The fourth-order valence-electron chi connectivity index (χ4n) is 3.64. The third kappa shape index (κ3) is 4.65. The molecule has 1 aliphatic heterocycles. The molecule has 0 spiro atoms. The van der Waals surface area contributed by atoms with Crippen molar-refractivity contribution < 1.29 is 23.9 Å². The fraction of sp³-hybridized carbons (Fsp3) is 0.208. The first-order valence-corrected chi connectivity index (χ1v) is 11.2. The van der Waals surface area contributed by atoms with Gasteiger partial charge in [-0.2, -0.15) is 0 Å². The highest BCUT2D eigenvalue weighted by molar-refractivity contribution is 6.39. The Labute approximate surface area is 209 Å². The first-order chi connectivity index (χ1) is 16.6. The van der Waals surface area contributed by atoms with Crippen LogP contribution in [0, 0.1) is 0 Å². The van der Waals surface area contributed by atoms with Crippen LogP contribution in [0.15, 0.2) is 47.3 Å². The number of aryl methyl sites for hydroxylation is 1. The van der Waals surface area contributed by atoms with Crippen LogP contribution in [-0.2, 0) is 16.6 Å². The summed E-state index contributed by atoms with van der Waals surface area (Å²) in [4.78, 5) is 50.2. The first kappa shape index (κ1) is 24.4. The smallest absolute Gasteiger partial charge is 0.302 e. The van der Waals surface area contributed by atoms with E-state index < -0.39 is 23.7 Å². The molecule has 1 aliphatic rings. The number of hydrogen-bond donors (Lipinski definition) is 0. The number of esters is 1. The van der Waals surface area contributed by atoms with Gasteiger partial charge in [-0.3, -0.25) is 19.2 Å². The average Bonchev–Trinajstić information content (AvgIpc) is 3.06. The molecule has 0 fully saturated rings. The van der Waals surface area contributed by atoms with Crippen LogP contribution in [0.25, 0.3) is 0 Å². The van der Waals surface area contributed by atoms with Crippen LogP contribution in [0.5, 0.6) is 11.6 Å². The zero-order valence-corrected chi connectivity index (χ0v) is 20.4. The second-order valence-electron chi connectivity index (χ2n) is 7.90. The van der Waals surface area contributed by atoms with Crippen molar-refractivity contribution in [2.45, 2.75) is 19.8 Å². The highest BCUT2D eigenvalue weighted by Crippen LogP contribution is 2.41. The molecule has 1 aromatic heterocycles. The predicted molar refractivity (Wildman–Crippen MR) is 129 cm³/mol. The van der Waals surface area contributed by atoms with E-state index in [9.17, 15) is 19.2 Å². The number of amides is 2. The van der Waals surface area contributed by atoms with Crippen LogP contribution in [0.1, 0.15) is 46.0 Å². The number of hydrogen-bond acceptors (Lipinski definition) is 7. The van der Waals surface area contributed by atoms with Crippen molar-refractivity contribution in [2.24, 2.45) is 7.05 Å². The van der Waals surface area contributed by atoms with Gasteiger partial charge in [-0.05, 0) is 24.3 Å². The monoisotopic (exact) mass is 515 g/mol. The van der Waals surface area contributed by atoms with Gasteiger partial charge in [0, 0.05) is 31.5 Å². The number of nitrogens with zero attached hydrogens (tertiary/aromatic N) is 3. The van der Waals surface area contributed by atoms with Crippen molar-refractivity contribution in [1.29, 1.82) is 0 Å². The molecule has 3 aromatic rings. The van der Waals surface area contributed by atoms with Crippen LogP contribution >= 0.6 is 23.2 Å². The molecule has 11 heteroatoms. The van der Waals surface area contributed by atoms with Gasteiger partial charge in [0.1, 0.15) is 0 Å². The van der Waals surface area contributed by atoms with Crippen LogP contribution in [0.3, 0.4) is 0 Å². The lowest BCUT2D eigenvalue weighted by Gasteiger charge is -2.17. The minimum absolute atomic E-state index is 0.00448. The third-order valence-electron chi connectivity index (χ3n) is 5.38. The number of imide groups is 1. The molecule has 4 rings (SSSR count). The normalized spacial score (nSPS) is 13.6. The molecule has 2 amide bonds. The largest absolute Gasteiger partial charge is 0.465 e. The van der Waals surface area contributed by atoms with Crippen LogP contribution < -0.4 is 15.2 Å². The van der Waals surface area contributed by atoms with Gasteiger partial charge in [0.15, 0.2) is 5.75 Å². The lowest BCUT2D eigenvalue weighted by atomic mass is 10.0. The summed E-state index contributed by atoms with van der Waals surface area (Å²) in [5.41, 5.74) is 0.691. The van der Waals surface area contributed by atoms with Crippen molar-refractivity contribution in [1.82, 2.24) is 9.78 Å². The zero-order valence-electron chi connectivity index (χ0n) is 18.9. The van der Waals surface area contributed by atoms with Gasteiger partial charge in [0.2, 0.25) is 5.88 Å². The number of halogens is 2. The van der Waals surface area contributed by atoms with E-state index in [2.05, 4.69) is 5.10 Å². The highest BCUT2D eigenvalue weighted by Gasteiger charge is 2.37. The number of ether oxygens (including phenoxy) is 2.